The molecule has 1 rings (SSSR count). The zero-order chi connectivity index (χ0) is 16.4. The van der Waals surface area contributed by atoms with Crippen LogP contribution in [0.5, 0.6) is 11.5 Å². The van der Waals surface area contributed by atoms with Gasteiger partial charge in [0.2, 0.25) is 5.91 Å². The lowest BCUT2D eigenvalue weighted by atomic mass is 10.2. The monoisotopic (exact) mass is 325 g/mol. The molecule has 120 valence electrons. The molecule has 0 aliphatic heterocycles. The van der Waals surface area contributed by atoms with E-state index >= 15 is 0 Å². The molecule has 7 heteroatoms. The fourth-order valence-electron chi connectivity index (χ4n) is 1.59. The molecule has 0 saturated carbocycles. The Bertz CT molecular complexity index is 545. The number of rotatable bonds is 9. The Morgan fingerprint density at radius 1 is 1.27 bits per heavy atom. The van der Waals surface area contributed by atoms with Crippen LogP contribution < -0.4 is 14.8 Å². The number of hydrogen-bond donors (Lipinski definition) is 2. The maximum atomic E-state index is 11.6. The summed E-state index contributed by atoms with van der Waals surface area (Å²) in [6, 6.07) is 5.35. The van der Waals surface area contributed by atoms with E-state index in [4.69, 9.17) is 14.6 Å². The second kappa shape index (κ2) is 9.73. The summed E-state index contributed by atoms with van der Waals surface area (Å²) in [4.78, 5) is 21.9. The number of amides is 1. The molecule has 0 aromatic heterocycles. The van der Waals surface area contributed by atoms with Crippen molar-refractivity contribution in [3.8, 4) is 11.5 Å². The number of benzene rings is 1. The summed E-state index contributed by atoms with van der Waals surface area (Å²) in [7, 11) is 3.11. The average molecular weight is 325 g/mol. The number of aliphatic carboxylic acids is 1. The van der Waals surface area contributed by atoms with E-state index in [0.29, 0.717) is 23.8 Å². The first kappa shape index (κ1) is 17.9. The van der Waals surface area contributed by atoms with Crippen molar-refractivity contribution in [2.75, 3.05) is 32.3 Å². The Morgan fingerprint density at radius 2 is 2.00 bits per heavy atom. The van der Waals surface area contributed by atoms with E-state index in [1.165, 1.54) is 17.8 Å². The predicted molar refractivity (Wildman–Crippen MR) is 86.6 cm³/mol. The number of carboxylic acid groups (broad SMARTS) is 1. The molecule has 1 aromatic rings. The van der Waals surface area contributed by atoms with Crippen molar-refractivity contribution in [3.05, 3.63) is 29.8 Å². The minimum atomic E-state index is -0.857. The second-order valence-corrected chi connectivity index (χ2v) is 5.29. The number of carbonyl (C=O) groups is 2. The second-order valence-electron chi connectivity index (χ2n) is 4.19. The van der Waals surface area contributed by atoms with Gasteiger partial charge in [0.1, 0.15) is 0 Å². The quantitative estimate of drug-likeness (QED) is 0.530. The molecule has 0 unspecified atom stereocenters. The standard InChI is InChI=1S/C15H19NO5S/c1-20-12-5-3-11(9-13(12)21-2)4-6-14(17)16-7-8-22-10-15(18)19/h3-6,9H,7-8,10H2,1-2H3,(H,16,17)(H,18,19)/b6-4+. The summed E-state index contributed by atoms with van der Waals surface area (Å²) in [5.74, 6) is 0.727. The van der Waals surface area contributed by atoms with Crippen LogP contribution in [0.25, 0.3) is 6.08 Å². The highest BCUT2D eigenvalue weighted by Gasteiger charge is 2.03. The van der Waals surface area contributed by atoms with Crippen molar-refractivity contribution < 1.29 is 24.2 Å². The van der Waals surface area contributed by atoms with Gasteiger partial charge in [0.15, 0.2) is 11.5 Å². The first-order chi connectivity index (χ1) is 10.6. The van der Waals surface area contributed by atoms with Gasteiger partial charge in [-0.25, -0.2) is 0 Å². The van der Waals surface area contributed by atoms with Gasteiger partial charge in [-0.2, -0.15) is 0 Å². The fourth-order valence-corrected chi connectivity index (χ4v) is 2.16. The molecule has 0 saturated heterocycles. The third kappa shape index (κ3) is 6.53. The van der Waals surface area contributed by atoms with Crippen molar-refractivity contribution in [2.45, 2.75) is 0 Å². The molecule has 1 aromatic carbocycles. The maximum Gasteiger partial charge on any atom is 0.313 e. The van der Waals surface area contributed by atoms with Crippen molar-refractivity contribution in [2.24, 2.45) is 0 Å². The Hall–Kier alpha value is -2.15. The molecule has 0 atom stereocenters. The van der Waals surface area contributed by atoms with E-state index in [1.54, 1.807) is 32.4 Å². The maximum absolute atomic E-state index is 11.6. The number of nitrogens with one attached hydrogen (secondary N) is 1. The molecule has 2 N–H and O–H groups in total. The number of thioether (sulfide) groups is 1. The van der Waals surface area contributed by atoms with Gasteiger partial charge in [0.05, 0.1) is 20.0 Å². The van der Waals surface area contributed by atoms with E-state index in [9.17, 15) is 9.59 Å². The number of ether oxygens (including phenoxy) is 2. The molecule has 1 amide bonds. The topological polar surface area (TPSA) is 84.9 Å². The Labute approximate surface area is 133 Å². The van der Waals surface area contributed by atoms with Crippen LogP contribution in [0.1, 0.15) is 5.56 Å². The van der Waals surface area contributed by atoms with Gasteiger partial charge in [-0.05, 0) is 23.8 Å². The largest absolute Gasteiger partial charge is 0.493 e. The van der Waals surface area contributed by atoms with Gasteiger partial charge in [-0.1, -0.05) is 6.07 Å². The third-order valence-corrected chi connectivity index (χ3v) is 3.55. The molecular weight excluding hydrogens is 306 g/mol. The molecule has 0 radical (unpaired) electrons. The Balaban J connectivity index is 2.43. The third-order valence-electron chi connectivity index (χ3n) is 2.61. The Kier molecular flexibility index (Phi) is 7.91. The highest BCUT2D eigenvalue weighted by molar-refractivity contribution is 7.99. The van der Waals surface area contributed by atoms with Crippen LogP contribution in [0.4, 0.5) is 0 Å². The highest BCUT2D eigenvalue weighted by atomic mass is 32.2. The van der Waals surface area contributed by atoms with Gasteiger partial charge >= 0.3 is 5.97 Å². The highest BCUT2D eigenvalue weighted by Crippen LogP contribution is 2.27. The van der Waals surface area contributed by atoms with Crippen molar-refractivity contribution >= 4 is 29.7 Å². The van der Waals surface area contributed by atoms with Crippen LogP contribution in [-0.4, -0.2) is 49.3 Å². The van der Waals surface area contributed by atoms with Crippen LogP contribution in [0.3, 0.4) is 0 Å². The minimum absolute atomic E-state index is 0.0390. The smallest absolute Gasteiger partial charge is 0.313 e. The lowest BCUT2D eigenvalue weighted by molar-refractivity contribution is -0.133. The normalized spacial score (nSPS) is 10.5. The van der Waals surface area contributed by atoms with Crippen LogP contribution in [0.15, 0.2) is 24.3 Å². The molecule has 0 bridgehead atoms. The van der Waals surface area contributed by atoms with Crippen LogP contribution in [0, 0.1) is 0 Å². The number of hydrogen-bond acceptors (Lipinski definition) is 5. The molecule has 6 nitrogen and oxygen atoms in total. The molecule has 0 aliphatic carbocycles. The van der Waals surface area contributed by atoms with Crippen LogP contribution >= 0.6 is 11.8 Å². The molecule has 22 heavy (non-hydrogen) atoms. The summed E-state index contributed by atoms with van der Waals surface area (Å²) >= 11 is 1.26. The summed E-state index contributed by atoms with van der Waals surface area (Å²) in [5.41, 5.74) is 0.813. The van der Waals surface area contributed by atoms with Gasteiger partial charge in [0, 0.05) is 18.4 Å². The van der Waals surface area contributed by atoms with E-state index in [0.717, 1.165) is 5.56 Å². The average Bonchev–Trinajstić information content (AvgIpc) is 2.51. The zero-order valence-electron chi connectivity index (χ0n) is 12.5. The Morgan fingerprint density at radius 3 is 2.64 bits per heavy atom. The van der Waals surface area contributed by atoms with Crippen molar-refractivity contribution in [3.63, 3.8) is 0 Å². The summed E-state index contributed by atoms with van der Waals surface area (Å²) in [5, 5.41) is 11.2. The lowest BCUT2D eigenvalue weighted by Gasteiger charge is -2.07. The molecular formula is C15H19NO5S. The van der Waals surface area contributed by atoms with E-state index in [-0.39, 0.29) is 11.7 Å². The first-order valence-corrected chi connectivity index (χ1v) is 7.69. The molecule has 0 aliphatic rings. The van der Waals surface area contributed by atoms with Gasteiger partial charge < -0.3 is 19.9 Å². The summed E-state index contributed by atoms with van der Waals surface area (Å²) < 4.78 is 10.3. The van der Waals surface area contributed by atoms with Crippen LogP contribution in [0.2, 0.25) is 0 Å². The molecule has 0 fully saturated rings. The van der Waals surface area contributed by atoms with Crippen molar-refractivity contribution in [1.82, 2.24) is 5.32 Å². The lowest BCUT2D eigenvalue weighted by Crippen LogP contribution is -2.23. The van der Waals surface area contributed by atoms with Crippen molar-refractivity contribution in [1.29, 1.82) is 0 Å². The first-order valence-electron chi connectivity index (χ1n) is 6.54. The SMILES string of the molecule is COc1ccc(/C=C/C(=O)NCCSCC(=O)O)cc1OC. The molecule has 0 spiro atoms. The minimum Gasteiger partial charge on any atom is -0.493 e. The number of carbonyl (C=O) groups excluding carboxylic acids is 1. The zero-order valence-corrected chi connectivity index (χ0v) is 13.3. The number of carboxylic acids is 1. The predicted octanol–water partition coefficient (Wildman–Crippen LogP) is 1.65. The van der Waals surface area contributed by atoms with Gasteiger partial charge in [0.25, 0.3) is 0 Å². The number of methoxy groups -OCH3 is 2. The van der Waals surface area contributed by atoms with E-state index in [1.807, 2.05) is 6.07 Å². The summed E-state index contributed by atoms with van der Waals surface area (Å²) in [6.07, 6.45) is 3.09. The van der Waals surface area contributed by atoms with E-state index < -0.39 is 5.97 Å². The summed E-state index contributed by atoms with van der Waals surface area (Å²) in [6.45, 7) is 0.424. The fraction of sp³-hybridized carbons (Fsp3) is 0.333. The van der Waals surface area contributed by atoms with Gasteiger partial charge in [-0.15, -0.1) is 11.8 Å². The van der Waals surface area contributed by atoms with E-state index in [2.05, 4.69) is 5.32 Å². The molecule has 0 heterocycles. The van der Waals surface area contributed by atoms with Crippen LogP contribution in [-0.2, 0) is 9.59 Å². The van der Waals surface area contributed by atoms with Gasteiger partial charge in [-0.3, -0.25) is 9.59 Å².